The molecule has 1 N–H and O–H groups in total. The Morgan fingerprint density at radius 3 is 2.61 bits per heavy atom. The number of likely N-dealkylation sites (tertiary alicyclic amines) is 1. The average Bonchev–Trinajstić information content (AvgIpc) is 3.26. The van der Waals surface area contributed by atoms with E-state index in [4.69, 9.17) is 4.74 Å². The second-order valence-electron chi connectivity index (χ2n) is 7.47. The number of hydrogen-bond donors (Lipinski definition) is 1. The van der Waals surface area contributed by atoms with Crippen molar-refractivity contribution < 1.29 is 14.6 Å². The molecule has 124 valence electrons. The first-order valence-corrected chi connectivity index (χ1v) is 8.79. The maximum Gasteiger partial charge on any atom is 0.222 e. The summed E-state index contributed by atoms with van der Waals surface area (Å²) >= 11 is 0. The van der Waals surface area contributed by atoms with Crippen LogP contribution in [0, 0.1) is 23.7 Å². The SMILES string of the molecule is COc1cc(CCC(=O)N2C[C@@H]3[C@@H]4CC[C@@H](C4)[C@@H]3C2)ccc1O. The molecule has 4 atom stereocenters. The smallest absolute Gasteiger partial charge is 0.222 e. The molecule has 1 amide bonds. The summed E-state index contributed by atoms with van der Waals surface area (Å²) in [7, 11) is 1.54. The number of aryl methyl sites for hydroxylation is 1. The number of hydrogen-bond acceptors (Lipinski definition) is 3. The second-order valence-corrected chi connectivity index (χ2v) is 7.47. The molecular weight excluding hydrogens is 290 g/mol. The van der Waals surface area contributed by atoms with E-state index in [-0.39, 0.29) is 11.7 Å². The molecule has 1 saturated heterocycles. The summed E-state index contributed by atoms with van der Waals surface area (Å²) in [6, 6.07) is 5.32. The lowest BCUT2D eigenvalue weighted by atomic mass is 9.82. The van der Waals surface area contributed by atoms with Gasteiger partial charge in [0.1, 0.15) is 0 Å². The van der Waals surface area contributed by atoms with Crippen molar-refractivity contribution in [2.24, 2.45) is 23.7 Å². The number of carbonyl (C=O) groups excluding carboxylic acids is 1. The summed E-state index contributed by atoms with van der Waals surface area (Å²) in [5.41, 5.74) is 1.03. The van der Waals surface area contributed by atoms with Gasteiger partial charge in [-0.2, -0.15) is 0 Å². The van der Waals surface area contributed by atoms with Gasteiger partial charge in [-0.25, -0.2) is 0 Å². The lowest BCUT2D eigenvalue weighted by molar-refractivity contribution is -0.130. The normalized spacial score (nSPS) is 31.4. The van der Waals surface area contributed by atoms with E-state index in [9.17, 15) is 9.90 Å². The predicted molar refractivity (Wildman–Crippen MR) is 87.4 cm³/mol. The van der Waals surface area contributed by atoms with Crippen molar-refractivity contribution in [3.8, 4) is 11.5 Å². The molecule has 0 radical (unpaired) electrons. The van der Waals surface area contributed by atoms with Gasteiger partial charge in [0, 0.05) is 19.5 Å². The number of amides is 1. The quantitative estimate of drug-likeness (QED) is 0.929. The highest BCUT2D eigenvalue weighted by Gasteiger charge is 2.52. The van der Waals surface area contributed by atoms with E-state index in [1.165, 1.54) is 19.3 Å². The Morgan fingerprint density at radius 2 is 1.96 bits per heavy atom. The van der Waals surface area contributed by atoms with Gasteiger partial charge in [0.05, 0.1) is 7.11 Å². The fraction of sp³-hybridized carbons (Fsp3) is 0.632. The molecular formula is C19H25NO3. The number of phenols is 1. The van der Waals surface area contributed by atoms with E-state index in [1.807, 2.05) is 12.1 Å². The largest absolute Gasteiger partial charge is 0.504 e. The van der Waals surface area contributed by atoms with Crippen LogP contribution < -0.4 is 4.74 Å². The van der Waals surface area contributed by atoms with Crippen molar-refractivity contribution in [3.63, 3.8) is 0 Å². The van der Waals surface area contributed by atoms with Crippen LogP contribution in [0.1, 0.15) is 31.2 Å². The van der Waals surface area contributed by atoms with Gasteiger partial charge in [0.2, 0.25) is 5.91 Å². The van der Waals surface area contributed by atoms with E-state index in [1.54, 1.807) is 13.2 Å². The molecule has 1 aromatic rings. The first-order chi connectivity index (χ1) is 11.2. The standard InChI is InChI=1S/C19H25NO3/c1-23-18-8-12(2-6-17(18)21)3-7-19(22)20-10-15-13-4-5-14(9-13)16(15)11-20/h2,6,8,13-16,21H,3-5,7,9-11H2,1H3/t13-,14+,15-,16+. The maximum absolute atomic E-state index is 12.6. The van der Waals surface area contributed by atoms with Crippen molar-refractivity contribution in [1.29, 1.82) is 0 Å². The molecule has 4 nitrogen and oxygen atoms in total. The highest BCUT2D eigenvalue weighted by atomic mass is 16.5. The Labute approximate surface area is 137 Å². The molecule has 1 heterocycles. The van der Waals surface area contributed by atoms with Crippen molar-refractivity contribution in [1.82, 2.24) is 4.90 Å². The van der Waals surface area contributed by atoms with Gasteiger partial charge in [-0.15, -0.1) is 0 Å². The summed E-state index contributed by atoms with van der Waals surface area (Å²) in [4.78, 5) is 14.7. The van der Waals surface area contributed by atoms with E-state index >= 15 is 0 Å². The van der Waals surface area contributed by atoms with E-state index in [0.29, 0.717) is 18.6 Å². The molecule has 0 spiro atoms. The monoisotopic (exact) mass is 315 g/mol. The molecule has 2 aliphatic carbocycles. The van der Waals surface area contributed by atoms with Gasteiger partial charge in [0.15, 0.2) is 11.5 Å². The van der Waals surface area contributed by atoms with Crippen LogP contribution >= 0.6 is 0 Å². The number of aromatic hydroxyl groups is 1. The molecule has 3 fully saturated rings. The number of methoxy groups -OCH3 is 1. The Bertz CT molecular complexity index is 597. The van der Waals surface area contributed by atoms with Crippen molar-refractivity contribution in [2.75, 3.05) is 20.2 Å². The minimum absolute atomic E-state index is 0.144. The zero-order valence-electron chi connectivity index (χ0n) is 13.7. The summed E-state index contributed by atoms with van der Waals surface area (Å²) in [5.74, 6) is 4.25. The number of nitrogens with zero attached hydrogens (tertiary/aromatic N) is 1. The number of benzene rings is 1. The summed E-state index contributed by atoms with van der Waals surface area (Å²) in [6.45, 7) is 1.98. The molecule has 2 bridgehead atoms. The van der Waals surface area contributed by atoms with Crippen LogP contribution in [0.15, 0.2) is 18.2 Å². The molecule has 1 aliphatic heterocycles. The third-order valence-corrected chi connectivity index (χ3v) is 6.36. The summed E-state index contributed by atoms with van der Waals surface area (Å²) < 4.78 is 5.13. The molecule has 1 aromatic carbocycles. The van der Waals surface area contributed by atoms with Gasteiger partial charge < -0.3 is 14.7 Å². The van der Waals surface area contributed by atoms with Crippen LogP contribution in [-0.2, 0) is 11.2 Å². The van der Waals surface area contributed by atoms with E-state index < -0.39 is 0 Å². The van der Waals surface area contributed by atoms with Crippen molar-refractivity contribution >= 4 is 5.91 Å². The van der Waals surface area contributed by atoms with Gasteiger partial charge in [0.25, 0.3) is 0 Å². The minimum Gasteiger partial charge on any atom is -0.504 e. The average molecular weight is 315 g/mol. The highest BCUT2D eigenvalue weighted by Crippen LogP contribution is 2.55. The number of phenolic OH excluding ortho intramolecular Hbond substituents is 1. The number of ether oxygens (including phenoxy) is 1. The number of fused-ring (bicyclic) bond motifs is 5. The van der Waals surface area contributed by atoms with Gasteiger partial charge >= 0.3 is 0 Å². The van der Waals surface area contributed by atoms with E-state index in [2.05, 4.69) is 4.90 Å². The second kappa shape index (κ2) is 5.73. The van der Waals surface area contributed by atoms with Crippen LogP contribution in [0.25, 0.3) is 0 Å². The zero-order chi connectivity index (χ0) is 16.0. The van der Waals surface area contributed by atoms with Crippen LogP contribution in [0.4, 0.5) is 0 Å². The highest BCUT2D eigenvalue weighted by molar-refractivity contribution is 5.77. The molecule has 4 heteroatoms. The first-order valence-electron chi connectivity index (χ1n) is 8.79. The van der Waals surface area contributed by atoms with Crippen LogP contribution in [0.2, 0.25) is 0 Å². The Hall–Kier alpha value is -1.71. The summed E-state index contributed by atoms with van der Waals surface area (Å²) in [6.07, 6.45) is 5.45. The Kier molecular flexibility index (Phi) is 3.70. The topological polar surface area (TPSA) is 49.8 Å². The third kappa shape index (κ3) is 2.58. The van der Waals surface area contributed by atoms with Crippen LogP contribution in [0.3, 0.4) is 0 Å². The maximum atomic E-state index is 12.6. The van der Waals surface area contributed by atoms with Gasteiger partial charge in [-0.1, -0.05) is 6.07 Å². The minimum atomic E-state index is 0.144. The lowest BCUT2D eigenvalue weighted by Crippen LogP contribution is -2.30. The van der Waals surface area contributed by atoms with Gasteiger partial charge in [-0.05, 0) is 67.1 Å². The Morgan fingerprint density at radius 1 is 1.26 bits per heavy atom. The fourth-order valence-corrected chi connectivity index (χ4v) is 5.17. The van der Waals surface area contributed by atoms with Crippen LogP contribution in [0.5, 0.6) is 11.5 Å². The third-order valence-electron chi connectivity index (χ3n) is 6.36. The number of rotatable bonds is 4. The van der Waals surface area contributed by atoms with Gasteiger partial charge in [-0.3, -0.25) is 4.79 Å². The lowest BCUT2D eigenvalue weighted by Gasteiger charge is -2.22. The number of carbonyl (C=O) groups is 1. The van der Waals surface area contributed by atoms with Crippen molar-refractivity contribution in [2.45, 2.75) is 32.1 Å². The predicted octanol–water partition coefficient (Wildman–Crippen LogP) is 2.84. The summed E-state index contributed by atoms with van der Waals surface area (Å²) in [5, 5.41) is 9.63. The zero-order valence-corrected chi connectivity index (χ0v) is 13.7. The fourth-order valence-electron chi connectivity index (χ4n) is 5.17. The molecule has 4 rings (SSSR count). The molecule has 0 aromatic heterocycles. The molecule has 23 heavy (non-hydrogen) atoms. The first kappa shape index (κ1) is 14.9. The van der Waals surface area contributed by atoms with E-state index in [0.717, 1.165) is 42.3 Å². The molecule has 3 aliphatic rings. The molecule has 2 saturated carbocycles. The van der Waals surface area contributed by atoms with Crippen LogP contribution in [-0.4, -0.2) is 36.1 Å². The molecule has 0 unspecified atom stereocenters. The Balaban J connectivity index is 1.34. The van der Waals surface area contributed by atoms with Crippen molar-refractivity contribution in [3.05, 3.63) is 23.8 Å².